The summed E-state index contributed by atoms with van der Waals surface area (Å²) in [7, 11) is 0. The standard InChI is InChI=1S/C28H29N3O2/c1-19-12-13-20(2)25(16-19)31-18-22(17-27(31)32)28-29-23-9-5-6-10-24(23)30(28)14-15-33-26-11-7-4-8-21(26)3/h4-13,16,22H,14-15,17-18H2,1-3H3/t22-/m1/s1. The lowest BCUT2D eigenvalue weighted by Gasteiger charge is -2.20. The van der Waals surface area contributed by atoms with Crippen molar-refractivity contribution in [1.29, 1.82) is 0 Å². The molecule has 5 heteroatoms. The molecule has 1 amide bonds. The molecule has 0 saturated carbocycles. The first-order valence-electron chi connectivity index (χ1n) is 11.5. The van der Waals surface area contributed by atoms with Crippen LogP contribution in [0, 0.1) is 20.8 Å². The minimum atomic E-state index is 0.0447. The van der Waals surface area contributed by atoms with Gasteiger partial charge in [0.2, 0.25) is 5.91 Å². The molecule has 0 N–H and O–H groups in total. The third-order valence-electron chi connectivity index (χ3n) is 6.50. The maximum atomic E-state index is 13.0. The van der Waals surface area contributed by atoms with E-state index in [1.54, 1.807) is 0 Å². The fourth-order valence-electron chi connectivity index (χ4n) is 4.73. The summed E-state index contributed by atoms with van der Waals surface area (Å²) >= 11 is 0. The van der Waals surface area contributed by atoms with Crippen LogP contribution in [-0.4, -0.2) is 28.6 Å². The molecule has 0 spiro atoms. The summed E-state index contributed by atoms with van der Waals surface area (Å²) in [5, 5.41) is 0. The summed E-state index contributed by atoms with van der Waals surface area (Å²) in [4.78, 5) is 19.9. The summed E-state index contributed by atoms with van der Waals surface area (Å²) in [5.41, 5.74) is 6.45. The van der Waals surface area contributed by atoms with Crippen LogP contribution in [0.1, 0.15) is 34.9 Å². The van der Waals surface area contributed by atoms with Crippen LogP contribution in [0.2, 0.25) is 0 Å². The Kier molecular flexibility index (Phi) is 5.63. The van der Waals surface area contributed by atoms with Crippen molar-refractivity contribution in [3.05, 3.63) is 89.2 Å². The Morgan fingerprint density at radius 1 is 0.970 bits per heavy atom. The smallest absolute Gasteiger partial charge is 0.227 e. The molecule has 168 valence electrons. The number of aromatic nitrogens is 2. The van der Waals surface area contributed by atoms with Gasteiger partial charge in [0.1, 0.15) is 18.2 Å². The van der Waals surface area contributed by atoms with Gasteiger partial charge in [0, 0.05) is 24.6 Å². The Balaban J connectivity index is 1.43. The highest BCUT2D eigenvalue weighted by atomic mass is 16.5. The van der Waals surface area contributed by atoms with Crippen molar-refractivity contribution in [3.8, 4) is 5.75 Å². The van der Waals surface area contributed by atoms with E-state index < -0.39 is 0 Å². The molecule has 0 radical (unpaired) electrons. The van der Waals surface area contributed by atoms with Gasteiger partial charge in [0.25, 0.3) is 0 Å². The van der Waals surface area contributed by atoms with Gasteiger partial charge in [0.15, 0.2) is 0 Å². The molecule has 1 aliphatic rings. The van der Waals surface area contributed by atoms with E-state index in [1.807, 2.05) is 41.3 Å². The average molecular weight is 440 g/mol. The number of amides is 1. The molecule has 4 aromatic rings. The molecule has 1 atom stereocenters. The average Bonchev–Trinajstić information content (AvgIpc) is 3.37. The fourth-order valence-corrected chi connectivity index (χ4v) is 4.73. The summed E-state index contributed by atoms with van der Waals surface area (Å²) < 4.78 is 8.33. The molecule has 33 heavy (non-hydrogen) atoms. The van der Waals surface area contributed by atoms with Crippen molar-refractivity contribution in [2.45, 2.75) is 39.7 Å². The number of para-hydroxylation sites is 3. The normalized spacial score (nSPS) is 16.0. The molecule has 1 saturated heterocycles. The maximum Gasteiger partial charge on any atom is 0.227 e. The number of imidazole rings is 1. The predicted molar refractivity (Wildman–Crippen MR) is 132 cm³/mol. The first kappa shape index (κ1) is 21.3. The molecule has 2 heterocycles. The number of aryl methyl sites for hydroxylation is 3. The lowest BCUT2D eigenvalue weighted by Crippen LogP contribution is -2.25. The topological polar surface area (TPSA) is 47.4 Å². The van der Waals surface area contributed by atoms with Crippen LogP contribution in [0.15, 0.2) is 66.7 Å². The number of carbonyl (C=O) groups excluding carboxylic acids is 1. The van der Waals surface area contributed by atoms with Crippen LogP contribution in [-0.2, 0) is 11.3 Å². The molecule has 0 unspecified atom stereocenters. The van der Waals surface area contributed by atoms with E-state index in [9.17, 15) is 4.79 Å². The zero-order valence-corrected chi connectivity index (χ0v) is 19.4. The number of fused-ring (bicyclic) bond motifs is 1. The highest BCUT2D eigenvalue weighted by Crippen LogP contribution is 2.35. The lowest BCUT2D eigenvalue weighted by molar-refractivity contribution is -0.117. The van der Waals surface area contributed by atoms with Crippen molar-refractivity contribution in [2.24, 2.45) is 0 Å². The number of benzene rings is 3. The quantitative estimate of drug-likeness (QED) is 0.395. The molecular weight excluding hydrogens is 410 g/mol. The van der Waals surface area contributed by atoms with E-state index in [0.717, 1.165) is 45.0 Å². The minimum Gasteiger partial charge on any atom is -0.491 e. The molecule has 1 aliphatic heterocycles. The molecule has 3 aromatic carbocycles. The van der Waals surface area contributed by atoms with E-state index in [-0.39, 0.29) is 11.8 Å². The lowest BCUT2D eigenvalue weighted by atomic mass is 10.1. The Morgan fingerprint density at radius 2 is 1.76 bits per heavy atom. The van der Waals surface area contributed by atoms with Crippen LogP contribution in [0.5, 0.6) is 5.75 Å². The van der Waals surface area contributed by atoms with Gasteiger partial charge in [-0.1, -0.05) is 42.5 Å². The Hall–Kier alpha value is -3.60. The summed E-state index contributed by atoms with van der Waals surface area (Å²) in [5.74, 6) is 2.07. The first-order valence-corrected chi connectivity index (χ1v) is 11.5. The largest absolute Gasteiger partial charge is 0.491 e. The first-order chi connectivity index (χ1) is 16.0. The van der Waals surface area contributed by atoms with E-state index >= 15 is 0 Å². The Labute approximate surface area is 194 Å². The van der Waals surface area contributed by atoms with Crippen molar-refractivity contribution in [2.75, 3.05) is 18.1 Å². The van der Waals surface area contributed by atoms with Crippen molar-refractivity contribution in [3.63, 3.8) is 0 Å². The SMILES string of the molecule is Cc1ccc(C)c(N2C[C@H](c3nc4ccccc4n3CCOc3ccccc3C)CC2=O)c1. The molecular formula is C28H29N3O2. The van der Waals surface area contributed by atoms with E-state index in [1.165, 1.54) is 0 Å². The summed E-state index contributed by atoms with van der Waals surface area (Å²) in [6.45, 7) is 8.05. The second kappa shape index (κ2) is 8.74. The number of nitrogens with zero attached hydrogens (tertiary/aromatic N) is 3. The number of anilines is 1. The van der Waals surface area contributed by atoms with Gasteiger partial charge in [-0.15, -0.1) is 0 Å². The van der Waals surface area contributed by atoms with Gasteiger partial charge < -0.3 is 14.2 Å². The number of ether oxygens (including phenoxy) is 1. The van der Waals surface area contributed by atoms with Gasteiger partial charge in [-0.05, 0) is 61.7 Å². The number of hydrogen-bond acceptors (Lipinski definition) is 3. The minimum absolute atomic E-state index is 0.0447. The number of hydrogen-bond donors (Lipinski definition) is 0. The molecule has 0 bridgehead atoms. The molecule has 0 aliphatic carbocycles. The van der Waals surface area contributed by atoms with Gasteiger partial charge in [0.05, 0.1) is 17.6 Å². The highest BCUT2D eigenvalue weighted by Gasteiger charge is 2.35. The summed E-state index contributed by atoms with van der Waals surface area (Å²) in [6, 6.07) is 22.5. The van der Waals surface area contributed by atoms with Crippen LogP contribution in [0.25, 0.3) is 11.0 Å². The van der Waals surface area contributed by atoms with Crippen LogP contribution < -0.4 is 9.64 Å². The second-order valence-electron chi connectivity index (χ2n) is 8.92. The van der Waals surface area contributed by atoms with Crippen molar-refractivity contribution in [1.82, 2.24) is 9.55 Å². The van der Waals surface area contributed by atoms with Gasteiger partial charge in [-0.2, -0.15) is 0 Å². The fraction of sp³-hybridized carbons (Fsp3) is 0.286. The van der Waals surface area contributed by atoms with E-state index in [4.69, 9.17) is 9.72 Å². The van der Waals surface area contributed by atoms with Gasteiger partial charge in [-0.3, -0.25) is 4.79 Å². The van der Waals surface area contributed by atoms with Gasteiger partial charge >= 0.3 is 0 Å². The second-order valence-corrected chi connectivity index (χ2v) is 8.92. The monoisotopic (exact) mass is 439 g/mol. The third kappa shape index (κ3) is 4.11. The van der Waals surface area contributed by atoms with Crippen LogP contribution in [0.3, 0.4) is 0 Å². The van der Waals surface area contributed by atoms with Crippen LogP contribution in [0.4, 0.5) is 5.69 Å². The highest BCUT2D eigenvalue weighted by molar-refractivity contribution is 5.97. The zero-order valence-electron chi connectivity index (χ0n) is 19.4. The van der Waals surface area contributed by atoms with Crippen LogP contribution >= 0.6 is 0 Å². The van der Waals surface area contributed by atoms with E-state index in [2.05, 4.69) is 55.7 Å². The molecule has 1 aromatic heterocycles. The molecule has 1 fully saturated rings. The zero-order chi connectivity index (χ0) is 22.9. The van der Waals surface area contributed by atoms with Crippen molar-refractivity contribution >= 4 is 22.6 Å². The predicted octanol–water partition coefficient (Wildman–Crippen LogP) is 5.56. The van der Waals surface area contributed by atoms with Gasteiger partial charge in [-0.25, -0.2) is 4.98 Å². The summed E-state index contributed by atoms with van der Waals surface area (Å²) in [6.07, 6.45) is 0.468. The third-order valence-corrected chi connectivity index (χ3v) is 6.50. The van der Waals surface area contributed by atoms with E-state index in [0.29, 0.717) is 26.1 Å². The van der Waals surface area contributed by atoms with Crippen molar-refractivity contribution < 1.29 is 9.53 Å². The Bertz CT molecular complexity index is 1320. The Morgan fingerprint density at radius 3 is 2.61 bits per heavy atom. The molecule has 5 rings (SSSR count). The molecule has 5 nitrogen and oxygen atoms in total. The number of carbonyl (C=O) groups is 1. The maximum absolute atomic E-state index is 13.0. The number of rotatable bonds is 6.